The molecule has 0 bridgehead atoms. The fourth-order valence-corrected chi connectivity index (χ4v) is 3.37. The Bertz CT molecular complexity index is 1000. The maximum Gasteiger partial charge on any atom is 0.514 e. The average molecular weight is 540 g/mol. The number of aliphatic carboxylic acids is 1. The van der Waals surface area contributed by atoms with Gasteiger partial charge in [-0.25, -0.2) is 9.59 Å². The van der Waals surface area contributed by atoms with Gasteiger partial charge in [0.25, 0.3) is 0 Å². The van der Waals surface area contributed by atoms with Crippen LogP contribution >= 0.6 is 0 Å². The Morgan fingerprint density at radius 2 is 1.37 bits per heavy atom. The predicted octanol–water partition coefficient (Wildman–Crippen LogP) is 5.18. The number of carbonyl (C=O) groups is 4. The van der Waals surface area contributed by atoms with Crippen molar-refractivity contribution in [1.82, 2.24) is 0 Å². The Morgan fingerprint density at radius 3 is 1.79 bits per heavy atom. The first-order chi connectivity index (χ1) is 17.4. The third-order valence-corrected chi connectivity index (χ3v) is 6.49. The molecular formula is C27H41NO10. The van der Waals surface area contributed by atoms with Crippen LogP contribution in [0.4, 0.5) is 9.59 Å². The number of nitrogens with two attached hydrogens (primary N) is 1. The van der Waals surface area contributed by atoms with Gasteiger partial charge in [0.15, 0.2) is 11.5 Å². The second-order valence-electron chi connectivity index (χ2n) is 10.4. The monoisotopic (exact) mass is 539 g/mol. The highest BCUT2D eigenvalue weighted by atomic mass is 16.8. The molecular weight excluding hydrogens is 498 g/mol. The largest absolute Gasteiger partial charge is 0.514 e. The molecule has 11 nitrogen and oxygen atoms in total. The van der Waals surface area contributed by atoms with Crippen LogP contribution in [0.3, 0.4) is 0 Å². The molecule has 11 heteroatoms. The van der Waals surface area contributed by atoms with Crippen molar-refractivity contribution >= 4 is 24.2 Å². The van der Waals surface area contributed by atoms with Crippen LogP contribution in [0, 0.1) is 5.92 Å². The average Bonchev–Trinajstić information content (AvgIpc) is 2.79. The van der Waals surface area contributed by atoms with E-state index < -0.39 is 59.4 Å². The van der Waals surface area contributed by atoms with Gasteiger partial charge in [-0.1, -0.05) is 26.8 Å². The smallest absolute Gasteiger partial charge is 0.480 e. The summed E-state index contributed by atoms with van der Waals surface area (Å²) in [6, 6.07) is 2.78. The van der Waals surface area contributed by atoms with Crippen LogP contribution in [0.1, 0.15) is 86.6 Å². The molecule has 0 saturated carbocycles. The lowest BCUT2D eigenvalue weighted by molar-refractivity contribution is -0.148. The lowest BCUT2D eigenvalue weighted by Crippen LogP contribution is -2.42. The van der Waals surface area contributed by atoms with E-state index >= 15 is 0 Å². The molecule has 1 rings (SSSR count). The highest BCUT2D eigenvalue weighted by Gasteiger charge is 2.36. The number of carboxylic acids is 1. The van der Waals surface area contributed by atoms with Gasteiger partial charge in [0.1, 0.15) is 23.3 Å². The standard InChI is InChI=1S/C27H41NO10/c1-10-26(6,7)37-24(32)35-19-13-12-18(14-20(19)36-25(33)38-27(8,9)11-2)21(22(28)23(30)31)15(3)16(4)34-17(5)29/h12-16,21-22H,10-11,28H2,1-9H3,(H,30,31)/t15?,16?,21?,22-/m0/s1. The first-order valence-corrected chi connectivity index (χ1v) is 12.5. The lowest BCUT2D eigenvalue weighted by atomic mass is 9.79. The molecule has 0 amide bonds. The summed E-state index contributed by atoms with van der Waals surface area (Å²) in [4.78, 5) is 48.4. The zero-order valence-electron chi connectivity index (χ0n) is 23.7. The number of rotatable bonds is 12. The van der Waals surface area contributed by atoms with Gasteiger partial charge >= 0.3 is 24.2 Å². The normalized spacial score (nSPS) is 14.9. The van der Waals surface area contributed by atoms with Gasteiger partial charge in [-0.05, 0) is 65.2 Å². The zero-order chi connectivity index (χ0) is 29.4. The third-order valence-electron chi connectivity index (χ3n) is 6.49. The number of carbonyl (C=O) groups excluding carboxylic acids is 3. The van der Waals surface area contributed by atoms with Crippen molar-refractivity contribution in [2.45, 2.75) is 104 Å². The van der Waals surface area contributed by atoms with E-state index in [-0.39, 0.29) is 11.5 Å². The SMILES string of the molecule is CCC(C)(C)OC(=O)Oc1ccc(C(C(C)C(C)OC(C)=O)[C@H](N)C(=O)O)cc1OC(=O)OC(C)(C)CC. The Kier molecular flexibility index (Phi) is 11.6. The van der Waals surface area contributed by atoms with Crippen molar-refractivity contribution in [2.75, 3.05) is 0 Å². The van der Waals surface area contributed by atoms with Crippen molar-refractivity contribution < 1.29 is 48.0 Å². The van der Waals surface area contributed by atoms with Crippen LogP contribution in [0.2, 0.25) is 0 Å². The number of carboxylic acid groups (broad SMARTS) is 1. The molecule has 0 fully saturated rings. The molecule has 0 radical (unpaired) electrons. The summed E-state index contributed by atoms with van der Waals surface area (Å²) < 4.78 is 26.7. The molecule has 0 aliphatic rings. The number of esters is 1. The van der Waals surface area contributed by atoms with E-state index in [0.29, 0.717) is 18.4 Å². The van der Waals surface area contributed by atoms with Gasteiger partial charge in [-0.15, -0.1) is 0 Å². The molecule has 3 N–H and O–H groups in total. The van der Waals surface area contributed by atoms with Gasteiger partial charge in [0, 0.05) is 18.8 Å². The van der Waals surface area contributed by atoms with Gasteiger partial charge in [0.2, 0.25) is 0 Å². The first-order valence-electron chi connectivity index (χ1n) is 12.5. The second-order valence-corrected chi connectivity index (χ2v) is 10.4. The number of hydrogen-bond donors (Lipinski definition) is 2. The summed E-state index contributed by atoms with van der Waals surface area (Å²) in [5.41, 5.74) is 4.75. The van der Waals surface area contributed by atoms with Gasteiger partial charge in [0.05, 0.1) is 0 Å². The van der Waals surface area contributed by atoms with Crippen LogP contribution in [0.5, 0.6) is 11.5 Å². The molecule has 0 aliphatic carbocycles. The van der Waals surface area contributed by atoms with Crippen LogP contribution in [0.15, 0.2) is 18.2 Å². The second kappa shape index (κ2) is 13.5. The Hall–Kier alpha value is -3.34. The van der Waals surface area contributed by atoms with Gasteiger partial charge in [-0.3, -0.25) is 9.59 Å². The van der Waals surface area contributed by atoms with E-state index in [1.807, 2.05) is 13.8 Å². The van der Waals surface area contributed by atoms with Crippen molar-refractivity contribution in [3.8, 4) is 11.5 Å². The molecule has 214 valence electrons. The summed E-state index contributed by atoms with van der Waals surface area (Å²) >= 11 is 0. The molecule has 0 aromatic heterocycles. The minimum absolute atomic E-state index is 0.153. The fraction of sp³-hybridized carbons (Fsp3) is 0.630. The van der Waals surface area contributed by atoms with E-state index in [9.17, 15) is 24.3 Å². The van der Waals surface area contributed by atoms with Crippen molar-refractivity contribution in [2.24, 2.45) is 11.7 Å². The first kappa shape index (κ1) is 32.7. The summed E-state index contributed by atoms with van der Waals surface area (Å²) in [6.07, 6.45) is -1.74. The van der Waals surface area contributed by atoms with E-state index in [0.717, 1.165) is 0 Å². The van der Waals surface area contributed by atoms with Crippen LogP contribution in [0.25, 0.3) is 0 Å². The number of ether oxygens (including phenoxy) is 5. The Balaban J connectivity index is 3.53. The van der Waals surface area contributed by atoms with E-state index in [2.05, 4.69) is 0 Å². The molecule has 1 aromatic carbocycles. The molecule has 38 heavy (non-hydrogen) atoms. The van der Waals surface area contributed by atoms with Crippen LogP contribution in [-0.2, 0) is 23.8 Å². The van der Waals surface area contributed by atoms with Crippen LogP contribution < -0.4 is 15.2 Å². The van der Waals surface area contributed by atoms with E-state index in [4.69, 9.17) is 29.4 Å². The Labute approximate surface area is 223 Å². The van der Waals surface area contributed by atoms with Crippen LogP contribution in [-0.4, -0.2) is 52.7 Å². The molecule has 0 saturated heterocycles. The van der Waals surface area contributed by atoms with Crippen molar-refractivity contribution in [3.63, 3.8) is 0 Å². The maximum atomic E-state index is 12.6. The molecule has 0 heterocycles. The molecule has 0 aliphatic heterocycles. The number of hydrogen-bond acceptors (Lipinski definition) is 10. The third kappa shape index (κ3) is 9.85. The highest BCUT2D eigenvalue weighted by molar-refractivity contribution is 5.75. The summed E-state index contributed by atoms with van der Waals surface area (Å²) in [7, 11) is 0. The van der Waals surface area contributed by atoms with Gasteiger partial charge < -0.3 is 34.5 Å². The van der Waals surface area contributed by atoms with Crippen molar-refractivity contribution in [3.05, 3.63) is 23.8 Å². The highest BCUT2D eigenvalue weighted by Crippen LogP contribution is 2.37. The maximum absolute atomic E-state index is 12.6. The lowest BCUT2D eigenvalue weighted by Gasteiger charge is -2.31. The fourth-order valence-electron chi connectivity index (χ4n) is 3.37. The van der Waals surface area contributed by atoms with Gasteiger partial charge in [-0.2, -0.15) is 0 Å². The van der Waals surface area contributed by atoms with E-state index in [1.54, 1.807) is 41.5 Å². The molecule has 3 unspecified atom stereocenters. The topological polar surface area (TPSA) is 161 Å². The summed E-state index contributed by atoms with van der Waals surface area (Å²) in [5, 5.41) is 9.68. The summed E-state index contributed by atoms with van der Waals surface area (Å²) in [5.74, 6) is -3.62. The van der Waals surface area contributed by atoms with Crippen molar-refractivity contribution in [1.29, 1.82) is 0 Å². The quantitative estimate of drug-likeness (QED) is 0.205. The minimum Gasteiger partial charge on any atom is -0.480 e. The minimum atomic E-state index is -1.40. The van der Waals surface area contributed by atoms with E-state index in [1.165, 1.54) is 25.1 Å². The zero-order valence-corrected chi connectivity index (χ0v) is 23.7. The Morgan fingerprint density at radius 1 is 0.895 bits per heavy atom. The summed E-state index contributed by atoms with van der Waals surface area (Å²) in [6.45, 7) is 15.1. The molecule has 4 atom stereocenters. The predicted molar refractivity (Wildman–Crippen MR) is 138 cm³/mol. The number of benzene rings is 1. The molecule has 0 spiro atoms. The molecule has 1 aromatic rings.